The summed E-state index contributed by atoms with van der Waals surface area (Å²) in [5, 5.41) is 15.5. The van der Waals surface area contributed by atoms with Crippen LogP contribution in [0.2, 0.25) is 0 Å². The number of phenols is 1. The lowest BCUT2D eigenvalue weighted by Crippen LogP contribution is -2.24. The molecule has 1 rings (SSSR count). The molecule has 0 heterocycles. The Kier molecular flexibility index (Phi) is 12.0. The Morgan fingerprint density at radius 1 is 0.963 bits per heavy atom. The quantitative estimate of drug-likeness (QED) is 0.421. The summed E-state index contributed by atoms with van der Waals surface area (Å²) in [4.78, 5) is 23.6. The minimum absolute atomic E-state index is 0.0157. The maximum absolute atomic E-state index is 11.9. The number of nitrogens with one attached hydrogen (secondary N) is 2. The number of hydrogen-bond acceptors (Lipinski definition) is 3. The van der Waals surface area contributed by atoms with Gasteiger partial charge >= 0.3 is 0 Å². The zero-order chi connectivity index (χ0) is 19.9. The maximum atomic E-state index is 11.9. The zero-order valence-corrected chi connectivity index (χ0v) is 16.9. The van der Waals surface area contributed by atoms with Crippen LogP contribution in [0.15, 0.2) is 24.3 Å². The van der Waals surface area contributed by atoms with Crippen LogP contribution in [0.4, 0.5) is 0 Å². The summed E-state index contributed by atoms with van der Waals surface area (Å²) in [5.74, 6) is 0.591. The van der Waals surface area contributed by atoms with Gasteiger partial charge in [0.25, 0.3) is 5.91 Å². The molecule has 3 N–H and O–H groups in total. The lowest BCUT2D eigenvalue weighted by atomic mass is 10.0. The molecule has 27 heavy (non-hydrogen) atoms. The summed E-state index contributed by atoms with van der Waals surface area (Å²) in [5.41, 5.74) is 0.323. The molecule has 0 saturated carbocycles. The summed E-state index contributed by atoms with van der Waals surface area (Å²) in [6.07, 6.45) is 9.18. The van der Waals surface area contributed by atoms with Gasteiger partial charge in [0.2, 0.25) is 5.91 Å². The third-order valence-electron chi connectivity index (χ3n) is 4.92. The van der Waals surface area contributed by atoms with Crippen molar-refractivity contribution in [3.63, 3.8) is 0 Å². The summed E-state index contributed by atoms with van der Waals surface area (Å²) in [7, 11) is 0. The van der Waals surface area contributed by atoms with Crippen molar-refractivity contribution in [3.05, 3.63) is 29.8 Å². The number of hydrogen-bond donors (Lipinski definition) is 3. The van der Waals surface area contributed by atoms with Crippen LogP contribution in [0, 0.1) is 5.92 Å². The molecule has 0 aliphatic carbocycles. The van der Waals surface area contributed by atoms with Crippen LogP contribution in [-0.2, 0) is 4.79 Å². The molecule has 0 aromatic heterocycles. The van der Waals surface area contributed by atoms with Gasteiger partial charge in [-0.25, -0.2) is 0 Å². The summed E-state index contributed by atoms with van der Waals surface area (Å²) in [6.45, 7) is 5.74. The van der Waals surface area contributed by atoms with Crippen LogP contribution in [0.25, 0.3) is 0 Å². The van der Waals surface area contributed by atoms with Gasteiger partial charge in [-0.15, -0.1) is 0 Å². The van der Waals surface area contributed by atoms with Gasteiger partial charge in [0.1, 0.15) is 5.75 Å². The van der Waals surface area contributed by atoms with Crippen molar-refractivity contribution in [2.75, 3.05) is 13.1 Å². The first kappa shape index (κ1) is 23.0. The Bertz CT molecular complexity index is 560. The van der Waals surface area contributed by atoms with Crippen LogP contribution < -0.4 is 10.6 Å². The first-order valence-electron chi connectivity index (χ1n) is 10.4. The van der Waals surface area contributed by atoms with Crippen LogP contribution in [-0.4, -0.2) is 30.0 Å². The topological polar surface area (TPSA) is 78.4 Å². The van der Waals surface area contributed by atoms with Crippen LogP contribution in [0.5, 0.6) is 5.75 Å². The monoisotopic (exact) mass is 376 g/mol. The number of para-hydroxylation sites is 1. The van der Waals surface area contributed by atoms with E-state index in [0.717, 1.165) is 57.9 Å². The first-order valence-corrected chi connectivity index (χ1v) is 10.4. The van der Waals surface area contributed by atoms with E-state index in [0.29, 0.717) is 24.4 Å². The van der Waals surface area contributed by atoms with Gasteiger partial charge in [-0.1, -0.05) is 58.1 Å². The van der Waals surface area contributed by atoms with E-state index in [4.69, 9.17) is 0 Å². The smallest absolute Gasteiger partial charge is 0.255 e. The summed E-state index contributed by atoms with van der Waals surface area (Å²) >= 11 is 0. The number of aromatic hydroxyl groups is 1. The van der Waals surface area contributed by atoms with Crippen molar-refractivity contribution in [2.24, 2.45) is 5.92 Å². The predicted molar refractivity (Wildman–Crippen MR) is 110 cm³/mol. The molecule has 5 heteroatoms. The standard InChI is InChI=1S/C22H36N2O3/c1-3-18(2)14-15-21(26)23-16-10-6-4-5-7-11-17-24-22(27)19-12-8-9-13-20(19)25/h8-9,12-13,18,25H,3-7,10-11,14-17H2,1-2H3,(H,23,26)(H,24,27). The fraction of sp³-hybridized carbons (Fsp3) is 0.636. The van der Waals surface area contributed by atoms with Crippen molar-refractivity contribution >= 4 is 11.8 Å². The molecule has 0 aliphatic rings. The van der Waals surface area contributed by atoms with Crippen molar-refractivity contribution in [1.82, 2.24) is 10.6 Å². The largest absolute Gasteiger partial charge is 0.507 e. The molecule has 1 atom stereocenters. The number of amides is 2. The molecule has 1 aromatic rings. The molecule has 152 valence electrons. The maximum Gasteiger partial charge on any atom is 0.255 e. The van der Waals surface area contributed by atoms with E-state index < -0.39 is 0 Å². The molecular formula is C22H36N2O3. The molecule has 0 spiro atoms. The normalized spacial score (nSPS) is 11.8. The fourth-order valence-electron chi connectivity index (χ4n) is 2.82. The highest BCUT2D eigenvalue weighted by molar-refractivity contribution is 5.96. The van der Waals surface area contributed by atoms with Gasteiger partial charge in [-0.2, -0.15) is 0 Å². The molecule has 0 aliphatic heterocycles. The Hall–Kier alpha value is -2.04. The third-order valence-corrected chi connectivity index (χ3v) is 4.92. The van der Waals surface area contributed by atoms with E-state index in [1.165, 1.54) is 6.07 Å². The highest BCUT2D eigenvalue weighted by atomic mass is 16.3. The van der Waals surface area contributed by atoms with Gasteiger partial charge in [0, 0.05) is 19.5 Å². The number of phenolic OH excluding ortho intramolecular Hbond substituents is 1. The van der Waals surface area contributed by atoms with E-state index >= 15 is 0 Å². The average Bonchev–Trinajstić information content (AvgIpc) is 2.67. The minimum Gasteiger partial charge on any atom is -0.507 e. The predicted octanol–water partition coefficient (Wildman–Crippen LogP) is 4.41. The van der Waals surface area contributed by atoms with Crippen LogP contribution in [0.1, 0.15) is 82.0 Å². The molecule has 0 radical (unpaired) electrons. The lowest BCUT2D eigenvalue weighted by Gasteiger charge is -2.09. The Morgan fingerprint density at radius 3 is 2.19 bits per heavy atom. The Morgan fingerprint density at radius 2 is 1.56 bits per heavy atom. The van der Waals surface area contributed by atoms with Gasteiger partial charge in [0.05, 0.1) is 5.56 Å². The molecule has 0 bridgehead atoms. The minimum atomic E-state index is -0.225. The van der Waals surface area contributed by atoms with E-state index in [9.17, 15) is 14.7 Å². The number of rotatable bonds is 14. The second-order valence-electron chi connectivity index (χ2n) is 7.30. The number of benzene rings is 1. The molecule has 0 fully saturated rings. The number of unbranched alkanes of at least 4 members (excludes halogenated alkanes) is 5. The average molecular weight is 377 g/mol. The molecule has 2 amide bonds. The second-order valence-corrected chi connectivity index (χ2v) is 7.30. The van der Waals surface area contributed by atoms with E-state index in [2.05, 4.69) is 24.5 Å². The molecule has 1 unspecified atom stereocenters. The lowest BCUT2D eigenvalue weighted by molar-refractivity contribution is -0.121. The summed E-state index contributed by atoms with van der Waals surface area (Å²) in [6, 6.07) is 6.57. The fourth-order valence-corrected chi connectivity index (χ4v) is 2.82. The molecule has 0 saturated heterocycles. The molecule has 5 nitrogen and oxygen atoms in total. The van der Waals surface area contributed by atoms with E-state index in [-0.39, 0.29) is 17.6 Å². The molecule has 1 aromatic carbocycles. The summed E-state index contributed by atoms with van der Waals surface area (Å²) < 4.78 is 0. The van der Waals surface area contributed by atoms with Crippen molar-refractivity contribution < 1.29 is 14.7 Å². The van der Waals surface area contributed by atoms with Gasteiger partial charge in [-0.3, -0.25) is 9.59 Å². The number of carbonyl (C=O) groups excluding carboxylic acids is 2. The Labute approximate surface area is 163 Å². The van der Waals surface area contributed by atoms with Gasteiger partial charge in [-0.05, 0) is 37.3 Å². The number of carbonyl (C=O) groups is 2. The van der Waals surface area contributed by atoms with Crippen molar-refractivity contribution in [1.29, 1.82) is 0 Å². The highest BCUT2D eigenvalue weighted by Gasteiger charge is 2.08. The van der Waals surface area contributed by atoms with Crippen molar-refractivity contribution in [3.8, 4) is 5.75 Å². The highest BCUT2D eigenvalue weighted by Crippen LogP contribution is 2.15. The van der Waals surface area contributed by atoms with Gasteiger partial charge in [0.15, 0.2) is 0 Å². The SMILES string of the molecule is CCC(C)CCC(=O)NCCCCCCCCNC(=O)c1ccccc1O. The van der Waals surface area contributed by atoms with Crippen LogP contribution >= 0.6 is 0 Å². The third kappa shape index (κ3) is 10.6. The van der Waals surface area contributed by atoms with E-state index in [1.807, 2.05) is 0 Å². The zero-order valence-electron chi connectivity index (χ0n) is 16.9. The van der Waals surface area contributed by atoms with Crippen molar-refractivity contribution in [2.45, 2.75) is 71.6 Å². The van der Waals surface area contributed by atoms with Crippen LogP contribution in [0.3, 0.4) is 0 Å². The van der Waals surface area contributed by atoms with Gasteiger partial charge < -0.3 is 15.7 Å². The molecular weight excluding hydrogens is 340 g/mol. The Balaban J connectivity index is 1.92. The van der Waals surface area contributed by atoms with E-state index in [1.54, 1.807) is 18.2 Å². The second kappa shape index (κ2) is 14.1. The first-order chi connectivity index (χ1) is 13.0.